The zero-order valence-corrected chi connectivity index (χ0v) is 21.5. The number of aromatic nitrogens is 3. The molecule has 3 aromatic heterocycles. The number of pyridine rings is 2. The van der Waals surface area contributed by atoms with Crippen LogP contribution in [0.25, 0.3) is 5.52 Å². The first kappa shape index (κ1) is 24.1. The fraction of sp³-hybridized carbons (Fsp3) is 0.519. The first-order valence-electron chi connectivity index (χ1n) is 13.1. The van der Waals surface area contributed by atoms with E-state index in [4.69, 9.17) is 5.73 Å². The first-order chi connectivity index (χ1) is 17.8. The third kappa shape index (κ3) is 4.52. The van der Waals surface area contributed by atoms with Crippen LogP contribution in [0.15, 0.2) is 36.7 Å². The molecule has 0 aromatic carbocycles. The Balaban J connectivity index is 1.11. The number of piperazine rings is 2. The van der Waals surface area contributed by atoms with Crippen molar-refractivity contribution in [2.24, 2.45) is 5.73 Å². The van der Waals surface area contributed by atoms with Gasteiger partial charge in [-0.15, -0.1) is 0 Å². The lowest BCUT2D eigenvalue weighted by atomic mass is 9.94. The van der Waals surface area contributed by atoms with Gasteiger partial charge in [-0.25, -0.2) is 13.9 Å². The molecule has 0 unspecified atom stereocenters. The van der Waals surface area contributed by atoms with Gasteiger partial charge in [0.15, 0.2) is 5.82 Å². The third-order valence-corrected chi connectivity index (χ3v) is 8.10. The summed E-state index contributed by atoms with van der Waals surface area (Å²) in [6.07, 6.45) is 4.16. The topological polar surface area (TPSA) is 93.0 Å². The minimum Gasteiger partial charge on any atom is -0.367 e. The van der Waals surface area contributed by atoms with Gasteiger partial charge >= 0.3 is 0 Å². The molecule has 3 fully saturated rings. The highest BCUT2D eigenvalue weighted by Gasteiger charge is 2.37. The van der Waals surface area contributed by atoms with Crippen LogP contribution in [0.4, 0.5) is 15.9 Å². The Bertz CT molecular complexity index is 1320. The Morgan fingerprint density at radius 3 is 2.68 bits per heavy atom. The summed E-state index contributed by atoms with van der Waals surface area (Å²) in [6.45, 7) is 11.7. The first-order valence-corrected chi connectivity index (χ1v) is 13.1. The minimum absolute atomic E-state index is 0.103. The number of nitrogens with zero attached hydrogens (tertiary/aromatic N) is 8. The minimum atomic E-state index is -0.391. The van der Waals surface area contributed by atoms with Crippen molar-refractivity contribution in [2.75, 3.05) is 62.2 Å². The van der Waals surface area contributed by atoms with Gasteiger partial charge in [0.25, 0.3) is 0 Å². The Morgan fingerprint density at radius 2 is 1.95 bits per heavy atom. The predicted octanol–water partition coefficient (Wildman–Crippen LogP) is 1.71. The van der Waals surface area contributed by atoms with Crippen LogP contribution in [0.1, 0.15) is 25.1 Å². The molecule has 3 aromatic rings. The number of fused-ring (bicyclic) bond motifs is 2. The van der Waals surface area contributed by atoms with Crippen molar-refractivity contribution >= 4 is 17.0 Å². The largest absolute Gasteiger partial charge is 0.367 e. The average Bonchev–Trinajstić information content (AvgIpc) is 3.27. The summed E-state index contributed by atoms with van der Waals surface area (Å²) in [5.74, 6) is 0.612. The summed E-state index contributed by atoms with van der Waals surface area (Å²) in [5, 5.41) is 13.5. The molecule has 0 aliphatic carbocycles. The van der Waals surface area contributed by atoms with Gasteiger partial charge in [0, 0.05) is 76.2 Å². The van der Waals surface area contributed by atoms with Crippen LogP contribution in [-0.4, -0.2) is 94.4 Å². The average molecular weight is 504 g/mol. The molecule has 10 heteroatoms. The standard InChI is InChI=1S/C27H34FN9/c1-19-14-34(24-5-4-21(11-29)37-26(24)23(28)13-32-37)16-22-15-33(9-10-36(19)22)8-7-20-3-6-25(31-12-20)35-17-27(2,30)18-35/h3-6,12-13,19,22H,7-10,14-18,30H2,1-2H3/t19-,22+/m1/s1. The molecule has 3 aliphatic rings. The van der Waals surface area contributed by atoms with Crippen molar-refractivity contribution in [1.82, 2.24) is 24.4 Å². The van der Waals surface area contributed by atoms with Gasteiger partial charge < -0.3 is 20.4 Å². The van der Waals surface area contributed by atoms with E-state index >= 15 is 0 Å². The van der Waals surface area contributed by atoms with Crippen molar-refractivity contribution in [3.63, 3.8) is 0 Å². The van der Waals surface area contributed by atoms with Crippen LogP contribution in [0.5, 0.6) is 0 Å². The van der Waals surface area contributed by atoms with Crippen LogP contribution in [0.3, 0.4) is 0 Å². The lowest BCUT2D eigenvalue weighted by Gasteiger charge is -2.51. The van der Waals surface area contributed by atoms with E-state index in [9.17, 15) is 9.65 Å². The number of nitriles is 1. The van der Waals surface area contributed by atoms with E-state index < -0.39 is 5.82 Å². The zero-order valence-electron chi connectivity index (χ0n) is 21.5. The van der Waals surface area contributed by atoms with E-state index in [1.54, 1.807) is 6.07 Å². The quantitative estimate of drug-likeness (QED) is 0.563. The highest BCUT2D eigenvalue weighted by atomic mass is 19.1. The summed E-state index contributed by atoms with van der Waals surface area (Å²) >= 11 is 0. The number of hydrogen-bond acceptors (Lipinski definition) is 8. The van der Waals surface area contributed by atoms with E-state index in [-0.39, 0.29) is 5.54 Å². The Morgan fingerprint density at radius 1 is 1.11 bits per heavy atom. The van der Waals surface area contributed by atoms with Gasteiger partial charge in [-0.2, -0.15) is 10.4 Å². The molecule has 37 heavy (non-hydrogen) atoms. The van der Waals surface area contributed by atoms with Gasteiger partial charge in [-0.3, -0.25) is 4.90 Å². The lowest BCUT2D eigenvalue weighted by Crippen LogP contribution is -2.65. The predicted molar refractivity (Wildman–Crippen MR) is 141 cm³/mol. The molecule has 0 spiro atoms. The fourth-order valence-corrected chi connectivity index (χ4v) is 6.24. The smallest absolute Gasteiger partial charge is 0.171 e. The summed E-state index contributed by atoms with van der Waals surface area (Å²) in [7, 11) is 0. The molecule has 0 amide bonds. The van der Waals surface area contributed by atoms with Crippen LogP contribution in [0, 0.1) is 17.1 Å². The molecule has 2 atom stereocenters. The fourth-order valence-electron chi connectivity index (χ4n) is 6.24. The van der Waals surface area contributed by atoms with E-state index in [1.165, 1.54) is 16.3 Å². The second-order valence-corrected chi connectivity index (χ2v) is 11.2. The number of anilines is 2. The summed E-state index contributed by atoms with van der Waals surface area (Å²) < 4.78 is 16.1. The molecule has 0 bridgehead atoms. The summed E-state index contributed by atoms with van der Waals surface area (Å²) in [6, 6.07) is 10.7. The molecule has 3 saturated heterocycles. The van der Waals surface area contributed by atoms with Crippen molar-refractivity contribution in [1.29, 1.82) is 5.26 Å². The maximum Gasteiger partial charge on any atom is 0.171 e. The van der Waals surface area contributed by atoms with Crippen LogP contribution < -0.4 is 15.5 Å². The van der Waals surface area contributed by atoms with Gasteiger partial charge in [0.1, 0.15) is 23.1 Å². The van der Waals surface area contributed by atoms with E-state index in [0.29, 0.717) is 23.3 Å². The summed E-state index contributed by atoms with van der Waals surface area (Å²) in [5.41, 5.74) is 8.80. The molecule has 6 rings (SSSR count). The van der Waals surface area contributed by atoms with Crippen LogP contribution in [-0.2, 0) is 6.42 Å². The maximum atomic E-state index is 14.7. The highest BCUT2D eigenvalue weighted by Crippen LogP contribution is 2.30. The van der Waals surface area contributed by atoms with E-state index in [1.807, 2.05) is 12.3 Å². The lowest BCUT2D eigenvalue weighted by molar-refractivity contribution is 0.0356. The highest BCUT2D eigenvalue weighted by molar-refractivity contribution is 5.75. The van der Waals surface area contributed by atoms with Crippen molar-refractivity contribution in [3.05, 3.63) is 53.7 Å². The number of rotatable bonds is 5. The molecule has 0 saturated carbocycles. The van der Waals surface area contributed by atoms with Gasteiger partial charge in [0.05, 0.1) is 11.9 Å². The molecule has 9 nitrogen and oxygen atoms in total. The van der Waals surface area contributed by atoms with Gasteiger partial charge in [-0.05, 0) is 44.0 Å². The number of nitrogens with two attached hydrogens (primary N) is 1. The van der Waals surface area contributed by atoms with Crippen molar-refractivity contribution in [3.8, 4) is 6.07 Å². The van der Waals surface area contributed by atoms with Crippen LogP contribution in [0.2, 0.25) is 0 Å². The normalized spacial score (nSPS) is 24.1. The van der Waals surface area contributed by atoms with Crippen LogP contribution >= 0.6 is 0 Å². The SMILES string of the molecule is C[C@@H]1CN(c2ccc(C#N)n3ncc(F)c23)C[C@@H]2CN(CCc3ccc(N4CC(C)(N)C4)nc3)CCN21. The third-order valence-electron chi connectivity index (χ3n) is 8.10. The number of halogens is 1. The monoisotopic (exact) mass is 503 g/mol. The van der Waals surface area contributed by atoms with E-state index in [2.05, 4.69) is 61.7 Å². The maximum absolute atomic E-state index is 14.7. The van der Waals surface area contributed by atoms with E-state index in [0.717, 1.165) is 70.3 Å². The zero-order chi connectivity index (χ0) is 25.7. The molecule has 0 radical (unpaired) electrons. The second kappa shape index (κ2) is 9.24. The molecule has 2 N–H and O–H groups in total. The molecule has 3 aliphatic heterocycles. The summed E-state index contributed by atoms with van der Waals surface area (Å²) in [4.78, 5) is 14.3. The molecular weight excluding hydrogens is 469 g/mol. The molecule has 194 valence electrons. The Kier molecular flexibility index (Phi) is 6.02. The van der Waals surface area contributed by atoms with Gasteiger partial charge in [0.2, 0.25) is 0 Å². The Hall–Kier alpha value is -3.26. The van der Waals surface area contributed by atoms with Crippen molar-refractivity contribution in [2.45, 2.75) is 37.9 Å². The molecular formula is C27H34FN9. The Labute approximate surface area is 216 Å². The molecule has 6 heterocycles. The second-order valence-electron chi connectivity index (χ2n) is 11.2. The van der Waals surface area contributed by atoms with Crippen molar-refractivity contribution < 1.29 is 4.39 Å². The van der Waals surface area contributed by atoms with Gasteiger partial charge in [-0.1, -0.05) is 6.07 Å². The number of hydrogen-bond donors (Lipinski definition) is 1.